The Hall–Kier alpha value is -2.22. The molecular formula is C18H24N2O5S. The van der Waals surface area contributed by atoms with E-state index in [1.165, 1.54) is 18.9 Å². The van der Waals surface area contributed by atoms with Gasteiger partial charge in [0.25, 0.3) is 0 Å². The molecule has 1 aromatic rings. The normalized spacial score (nSPS) is 18.9. The molecule has 1 fully saturated rings. The number of hydrogen-bond acceptors (Lipinski definition) is 5. The number of aliphatic carboxylic acids is 1. The molecule has 1 aliphatic rings. The van der Waals surface area contributed by atoms with E-state index >= 15 is 0 Å². The molecule has 1 heterocycles. The molecular weight excluding hydrogens is 356 g/mol. The summed E-state index contributed by atoms with van der Waals surface area (Å²) < 4.78 is 5.21. The van der Waals surface area contributed by atoms with Crippen LogP contribution in [-0.2, 0) is 19.9 Å². The van der Waals surface area contributed by atoms with Crippen LogP contribution in [0.15, 0.2) is 24.3 Å². The zero-order chi connectivity index (χ0) is 19.3. The fraction of sp³-hybridized carbons (Fsp3) is 0.500. The Balaban J connectivity index is 2.28. The predicted octanol–water partition coefficient (Wildman–Crippen LogP) is 1.81. The van der Waals surface area contributed by atoms with E-state index in [2.05, 4.69) is 5.32 Å². The molecule has 142 valence electrons. The van der Waals surface area contributed by atoms with Crippen molar-refractivity contribution >= 4 is 29.5 Å². The van der Waals surface area contributed by atoms with Crippen LogP contribution in [-0.4, -0.2) is 52.6 Å². The minimum Gasteiger partial charge on any atom is -0.497 e. The lowest BCUT2D eigenvalue weighted by atomic mass is 9.88. The van der Waals surface area contributed by atoms with Crippen LogP contribution in [0.2, 0.25) is 0 Å². The van der Waals surface area contributed by atoms with E-state index in [9.17, 15) is 19.5 Å². The summed E-state index contributed by atoms with van der Waals surface area (Å²) in [6, 6.07) is 6.37. The zero-order valence-electron chi connectivity index (χ0n) is 15.2. The number of amides is 2. The Morgan fingerprint density at radius 2 is 2.15 bits per heavy atom. The summed E-state index contributed by atoms with van der Waals surface area (Å²) in [5.74, 6) is 0.0867. The second-order valence-electron chi connectivity index (χ2n) is 6.36. The number of benzene rings is 1. The number of rotatable bonds is 7. The Morgan fingerprint density at radius 1 is 1.42 bits per heavy atom. The van der Waals surface area contributed by atoms with E-state index in [1.54, 1.807) is 43.0 Å². The third-order valence-electron chi connectivity index (χ3n) is 4.42. The van der Waals surface area contributed by atoms with Crippen molar-refractivity contribution < 1.29 is 24.2 Å². The van der Waals surface area contributed by atoms with Crippen molar-refractivity contribution in [1.29, 1.82) is 0 Å². The summed E-state index contributed by atoms with van der Waals surface area (Å²) in [5, 5.41) is 12.2. The number of methoxy groups -OCH3 is 1. The van der Waals surface area contributed by atoms with Crippen LogP contribution in [0.4, 0.5) is 0 Å². The second kappa shape index (κ2) is 8.44. The zero-order valence-corrected chi connectivity index (χ0v) is 16.0. The van der Waals surface area contributed by atoms with Gasteiger partial charge in [0.2, 0.25) is 11.8 Å². The number of ether oxygens (including phenoxy) is 1. The molecule has 1 saturated heterocycles. The third-order valence-corrected chi connectivity index (χ3v) is 5.43. The van der Waals surface area contributed by atoms with Gasteiger partial charge in [-0.25, -0.2) is 0 Å². The first-order chi connectivity index (χ1) is 12.3. The molecule has 0 radical (unpaired) electrons. The van der Waals surface area contributed by atoms with Crippen LogP contribution in [0.5, 0.6) is 5.75 Å². The molecule has 2 N–H and O–H groups in total. The molecule has 2 amide bonds. The quantitative estimate of drug-likeness (QED) is 0.749. The van der Waals surface area contributed by atoms with Crippen molar-refractivity contribution in [1.82, 2.24) is 10.2 Å². The van der Waals surface area contributed by atoms with Gasteiger partial charge in [-0.3, -0.25) is 14.4 Å². The van der Waals surface area contributed by atoms with Gasteiger partial charge in [-0.1, -0.05) is 19.1 Å². The predicted molar refractivity (Wildman–Crippen MR) is 99.0 cm³/mol. The van der Waals surface area contributed by atoms with Crippen LogP contribution in [0.3, 0.4) is 0 Å². The van der Waals surface area contributed by atoms with E-state index < -0.39 is 17.6 Å². The van der Waals surface area contributed by atoms with E-state index in [0.29, 0.717) is 29.4 Å². The fourth-order valence-corrected chi connectivity index (χ4v) is 4.13. The number of nitrogens with one attached hydrogen (secondary N) is 1. The SMILES string of the molecule is CCC(=O)N1CSCC1C(=O)NC(C)(CC(=O)O)c1cccc(OC)c1. The minimum absolute atomic E-state index is 0.0866. The van der Waals surface area contributed by atoms with Gasteiger partial charge in [0.15, 0.2) is 0 Å². The van der Waals surface area contributed by atoms with E-state index in [0.717, 1.165) is 0 Å². The number of carbonyl (C=O) groups is 3. The highest BCUT2D eigenvalue weighted by Gasteiger charge is 2.39. The Morgan fingerprint density at radius 3 is 2.77 bits per heavy atom. The average molecular weight is 380 g/mol. The molecule has 1 aliphatic heterocycles. The van der Waals surface area contributed by atoms with Gasteiger partial charge in [0.05, 0.1) is 24.9 Å². The van der Waals surface area contributed by atoms with Crippen LogP contribution in [0.1, 0.15) is 32.3 Å². The third kappa shape index (κ3) is 4.49. The first-order valence-corrected chi connectivity index (χ1v) is 9.51. The number of hydrogen-bond donors (Lipinski definition) is 2. The van der Waals surface area contributed by atoms with Gasteiger partial charge in [0.1, 0.15) is 11.8 Å². The number of nitrogens with zero attached hydrogens (tertiary/aromatic N) is 1. The van der Waals surface area contributed by atoms with Crippen LogP contribution >= 0.6 is 11.8 Å². The van der Waals surface area contributed by atoms with Crippen LogP contribution in [0, 0.1) is 0 Å². The number of carbonyl (C=O) groups excluding carboxylic acids is 2. The first-order valence-electron chi connectivity index (χ1n) is 8.36. The minimum atomic E-state index is -1.12. The van der Waals surface area contributed by atoms with Gasteiger partial charge >= 0.3 is 5.97 Å². The summed E-state index contributed by atoms with van der Waals surface area (Å²) in [7, 11) is 1.52. The highest BCUT2D eigenvalue weighted by atomic mass is 32.2. The summed E-state index contributed by atoms with van der Waals surface area (Å²) in [6.45, 7) is 3.42. The van der Waals surface area contributed by atoms with Crippen molar-refractivity contribution in [2.45, 2.75) is 38.3 Å². The molecule has 7 nitrogen and oxygen atoms in total. The van der Waals surface area contributed by atoms with Gasteiger partial charge in [-0.2, -0.15) is 0 Å². The molecule has 2 unspecified atom stereocenters. The molecule has 2 rings (SSSR count). The maximum Gasteiger partial charge on any atom is 0.306 e. The molecule has 0 aromatic heterocycles. The molecule has 2 atom stereocenters. The lowest BCUT2D eigenvalue weighted by Gasteiger charge is -2.33. The van der Waals surface area contributed by atoms with Crippen molar-refractivity contribution in [2.75, 3.05) is 18.7 Å². The van der Waals surface area contributed by atoms with E-state index in [1.807, 2.05) is 0 Å². The summed E-state index contributed by atoms with van der Waals surface area (Å²) >= 11 is 1.51. The molecule has 8 heteroatoms. The van der Waals surface area contributed by atoms with Crippen molar-refractivity contribution in [3.63, 3.8) is 0 Å². The summed E-state index contributed by atoms with van der Waals surface area (Å²) in [4.78, 5) is 37.9. The second-order valence-corrected chi connectivity index (χ2v) is 7.36. The van der Waals surface area contributed by atoms with Gasteiger partial charge in [0, 0.05) is 12.2 Å². The van der Waals surface area contributed by atoms with Crippen molar-refractivity contribution in [3.8, 4) is 5.75 Å². The van der Waals surface area contributed by atoms with Gasteiger partial charge in [-0.15, -0.1) is 11.8 Å². The standard InChI is InChI=1S/C18H24N2O5S/c1-4-15(21)20-11-26-10-14(20)17(24)19-18(2,9-16(22)23)12-6-5-7-13(8-12)25-3/h5-8,14H,4,9-11H2,1-3H3,(H,19,24)(H,22,23). The highest BCUT2D eigenvalue weighted by molar-refractivity contribution is 7.99. The molecule has 26 heavy (non-hydrogen) atoms. The number of thioether (sulfide) groups is 1. The topological polar surface area (TPSA) is 95.9 Å². The van der Waals surface area contributed by atoms with Crippen LogP contribution < -0.4 is 10.1 Å². The Kier molecular flexibility index (Phi) is 6.52. The highest BCUT2D eigenvalue weighted by Crippen LogP contribution is 2.29. The molecule has 0 spiro atoms. The fourth-order valence-electron chi connectivity index (χ4n) is 2.95. The maximum atomic E-state index is 12.9. The first kappa shape index (κ1) is 20.1. The number of carboxylic acids is 1. The lowest BCUT2D eigenvalue weighted by Crippen LogP contribution is -2.53. The average Bonchev–Trinajstić information content (AvgIpc) is 3.10. The largest absolute Gasteiger partial charge is 0.497 e. The van der Waals surface area contributed by atoms with E-state index in [-0.39, 0.29) is 18.2 Å². The monoisotopic (exact) mass is 380 g/mol. The molecule has 0 aliphatic carbocycles. The Labute approximate surface area is 157 Å². The van der Waals surface area contributed by atoms with E-state index in [4.69, 9.17) is 4.74 Å². The smallest absolute Gasteiger partial charge is 0.306 e. The van der Waals surface area contributed by atoms with Gasteiger partial charge in [-0.05, 0) is 24.6 Å². The van der Waals surface area contributed by atoms with Crippen molar-refractivity contribution in [2.24, 2.45) is 0 Å². The van der Waals surface area contributed by atoms with Crippen molar-refractivity contribution in [3.05, 3.63) is 29.8 Å². The van der Waals surface area contributed by atoms with Gasteiger partial charge < -0.3 is 20.1 Å². The van der Waals surface area contributed by atoms with Crippen LogP contribution in [0.25, 0.3) is 0 Å². The maximum absolute atomic E-state index is 12.9. The summed E-state index contributed by atoms with van der Waals surface area (Å²) in [6.07, 6.45) is 0.0418. The Bertz CT molecular complexity index is 696. The molecule has 0 saturated carbocycles. The number of carboxylic acid groups (broad SMARTS) is 1. The molecule has 0 bridgehead atoms. The summed E-state index contributed by atoms with van der Waals surface area (Å²) in [5.41, 5.74) is -0.488. The lowest BCUT2D eigenvalue weighted by molar-refractivity contribution is -0.141. The molecule has 1 aromatic carbocycles.